The average Bonchev–Trinajstić information content (AvgIpc) is 2.51. The number of likely N-dealkylation sites (N-methyl/N-ethyl adjacent to an activating group) is 2. The zero-order chi connectivity index (χ0) is 13.9. The summed E-state index contributed by atoms with van der Waals surface area (Å²) in [7, 11) is 4.47. The van der Waals surface area contributed by atoms with E-state index in [1.807, 2.05) is 0 Å². The van der Waals surface area contributed by atoms with Gasteiger partial charge < -0.3 is 4.90 Å². The Kier molecular flexibility index (Phi) is 3.86. The zero-order valence-corrected chi connectivity index (χ0v) is 12.2. The van der Waals surface area contributed by atoms with Gasteiger partial charge in [-0.05, 0) is 25.2 Å². The minimum absolute atomic E-state index is 0.458. The lowest BCUT2D eigenvalue weighted by Gasteiger charge is -2.44. The van der Waals surface area contributed by atoms with Gasteiger partial charge in [-0.15, -0.1) is 0 Å². The van der Waals surface area contributed by atoms with Crippen LogP contribution >= 0.6 is 0 Å². The van der Waals surface area contributed by atoms with Crippen LogP contribution in [-0.2, 0) is 0 Å². The van der Waals surface area contributed by atoms with Crippen molar-refractivity contribution in [2.75, 3.05) is 27.2 Å². The topological polar surface area (TPSA) is 6.48 Å². The highest BCUT2D eigenvalue weighted by Crippen LogP contribution is 2.34. The maximum absolute atomic E-state index is 2.52. The van der Waals surface area contributed by atoms with E-state index in [0.717, 1.165) is 13.1 Å². The summed E-state index contributed by atoms with van der Waals surface area (Å²) in [5.41, 5.74) is 2.81. The molecule has 2 atom stereocenters. The number of nitrogens with zero attached hydrogens (tertiary/aromatic N) is 2. The molecule has 2 aromatic rings. The van der Waals surface area contributed by atoms with Crippen LogP contribution in [0.25, 0.3) is 0 Å². The summed E-state index contributed by atoms with van der Waals surface area (Å²) in [4.78, 5) is 4.96. The van der Waals surface area contributed by atoms with Crippen molar-refractivity contribution in [2.24, 2.45) is 0 Å². The van der Waals surface area contributed by atoms with Crippen LogP contribution in [-0.4, -0.2) is 37.0 Å². The third kappa shape index (κ3) is 2.62. The van der Waals surface area contributed by atoms with Gasteiger partial charge in [0, 0.05) is 25.2 Å². The molecule has 0 bridgehead atoms. The molecule has 1 aliphatic heterocycles. The lowest BCUT2D eigenvalue weighted by Crippen LogP contribution is -2.46. The second kappa shape index (κ2) is 5.78. The van der Waals surface area contributed by atoms with E-state index >= 15 is 0 Å². The molecule has 104 valence electrons. The van der Waals surface area contributed by atoms with Gasteiger partial charge in [0.05, 0.1) is 0 Å². The van der Waals surface area contributed by atoms with Gasteiger partial charge >= 0.3 is 0 Å². The van der Waals surface area contributed by atoms with Gasteiger partial charge in [0.1, 0.15) is 0 Å². The summed E-state index contributed by atoms with van der Waals surface area (Å²) in [6, 6.07) is 22.6. The maximum Gasteiger partial charge on any atom is 0.0478 e. The molecule has 0 spiro atoms. The Balaban J connectivity index is 1.90. The van der Waals surface area contributed by atoms with E-state index in [2.05, 4.69) is 84.6 Å². The standard InChI is InChI=1S/C18H22N2/c1-19-13-17(15-9-5-3-6-10-15)20(2)18(14-19)16-11-7-4-8-12-16/h3-12,17-18H,13-14H2,1-2H3. The first-order valence-electron chi connectivity index (χ1n) is 7.26. The van der Waals surface area contributed by atoms with Gasteiger partial charge in [0.15, 0.2) is 0 Å². The fourth-order valence-corrected chi connectivity index (χ4v) is 3.17. The smallest absolute Gasteiger partial charge is 0.0478 e. The summed E-state index contributed by atoms with van der Waals surface area (Å²) < 4.78 is 0. The highest BCUT2D eigenvalue weighted by Gasteiger charge is 2.31. The molecule has 2 nitrogen and oxygen atoms in total. The number of benzene rings is 2. The third-order valence-corrected chi connectivity index (χ3v) is 4.32. The first-order valence-corrected chi connectivity index (χ1v) is 7.26. The molecule has 0 radical (unpaired) electrons. The van der Waals surface area contributed by atoms with E-state index in [1.54, 1.807) is 0 Å². The monoisotopic (exact) mass is 266 g/mol. The summed E-state index contributed by atoms with van der Waals surface area (Å²) in [6.45, 7) is 2.17. The first-order chi connectivity index (χ1) is 9.75. The quantitative estimate of drug-likeness (QED) is 0.822. The molecular weight excluding hydrogens is 244 g/mol. The van der Waals surface area contributed by atoms with Crippen molar-refractivity contribution in [1.29, 1.82) is 0 Å². The third-order valence-electron chi connectivity index (χ3n) is 4.32. The SMILES string of the molecule is CN1CC(c2ccccc2)N(C)C(c2ccccc2)C1. The lowest BCUT2D eigenvalue weighted by molar-refractivity contribution is 0.0566. The largest absolute Gasteiger partial charge is 0.303 e. The van der Waals surface area contributed by atoms with E-state index in [0.29, 0.717) is 12.1 Å². The molecule has 2 unspecified atom stereocenters. The van der Waals surface area contributed by atoms with Crippen LogP contribution < -0.4 is 0 Å². The fourth-order valence-electron chi connectivity index (χ4n) is 3.17. The Hall–Kier alpha value is -1.64. The van der Waals surface area contributed by atoms with Gasteiger partial charge in [-0.3, -0.25) is 4.90 Å². The molecule has 2 heteroatoms. The normalized spacial score (nSPS) is 24.7. The summed E-state index contributed by atoms with van der Waals surface area (Å²) in [5.74, 6) is 0. The van der Waals surface area contributed by atoms with Crippen molar-refractivity contribution in [1.82, 2.24) is 9.80 Å². The van der Waals surface area contributed by atoms with Crippen LogP contribution in [0.1, 0.15) is 23.2 Å². The van der Waals surface area contributed by atoms with Crippen LogP contribution in [0.4, 0.5) is 0 Å². The van der Waals surface area contributed by atoms with Crippen LogP contribution in [0.3, 0.4) is 0 Å². The van der Waals surface area contributed by atoms with Crippen LogP contribution in [0.15, 0.2) is 60.7 Å². The second-order valence-electron chi connectivity index (χ2n) is 5.74. The predicted molar refractivity (Wildman–Crippen MR) is 83.6 cm³/mol. The molecule has 0 aliphatic carbocycles. The highest BCUT2D eigenvalue weighted by atomic mass is 15.3. The number of hydrogen-bond acceptors (Lipinski definition) is 2. The Morgan fingerprint density at radius 3 is 1.50 bits per heavy atom. The van der Waals surface area contributed by atoms with E-state index in [4.69, 9.17) is 0 Å². The van der Waals surface area contributed by atoms with Crippen molar-refractivity contribution in [3.05, 3.63) is 71.8 Å². The molecule has 1 fully saturated rings. The molecule has 20 heavy (non-hydrogen) atoms. The summed E-state index contributed by atoms with van der Waals surface area (Å²) in [5, 5.41) is 0. The molecular formula is C18H22N2. The molecule has 0 aromatic heterocycles. The van der Waals surface area contributed by atoms with Gasteiger partial charge in [-0.1, -0.05) is 60.7 Å². The zero-order valence-electron chi connectivity index (χ0n) is 12.2. The van der Waals surface area contributed by atoms with Crippen molar-refractivity contribution >= 4 is 0 Å². The Morgan fingerprint density at radius 1 is 0.700 bits per heavy atom. The van der Waals surface area contributed by atoms with Gasteiger partial charge in [0.2, 0.25) is 0 Å². The Bertz CT molecular complexity index is 488. The predicted octanol–water partition coefficient (Wildman–Crippen LogP) is 3.35. The van der Waals surface area contributed by atoms with Crippen LogP contribution in [0.5, 0.6) is 0 Å². The van der Waals surface area contributed by atoms with Crippen molar-refractivity contribution in [2.45, 2.75) is 12.1 Å². The highest BCUT2D eigenvalue weighted by molar-refractivity contribution is 5.24. The van der Waals surface area contributed by atoms with Gasteiger partial charge in [0.25, 0.3) is 0 Å². The number of piperazine rings is 1. The fraction of sp³-hybridized carbons (Fsp3) is 0.333. The van der Waals surface area contributed by atoms with Gasteiger partial charge in [-0.25, -0.2) is 0 Å². The molecule has 0 amide bonds. The van der Waals surface area contributed by atoms with Crippen molar-refractivity contribution < 1.29 is 0 Å². The van der Waals surface area contributed by atoms with Crippen LogP contribution in [0, 0.1) is 0 Å². The summed E-state index contributed by atoms with van der Waals surface area (Å²) in [6.07, 6.45) is 0. The van der Waals surface area contributed by atoms with E-state index < -0.39 is 0 Å². The minimum Gasteiger partial charge on any atom is -0.303 e. The van der Waals surface area contributed by atoms with Crippen molar-refractivity contribution in [3.63, 3.8) is 0 Å². The molecule has 1 saturated heterocycles. The average molecular weight is 266 g/mol. The molecule has 1 heterocycles. The molecule has 0 N–H and O–H groups in total. The number of rotatable bonds is 2. The Labute approximate surface area is 121 Å². The minimum atomic E-state index is 0.458. The van der Waals surface area contributed by atoms with Crippen molar-refractivity contribution in [3.8, 4) is 0 Å². The van der Waals surface area contributed by atoms with E-state index in [-0.39, 0.29) is 0 Å². The Morgan fingerprint density at radius 2 is 1.10 bits per heavy atom. The second-order valence-corrected chi connectivity index (χ2v) is 5.74. The maximum atomic E-state index is 2.52. The van der Waals surface area contributed by atoms with E-state index in [9.17, 15) is 0 Å². The molecule has 3 rings (SSSR count). The number of hydrogen-bond donors (Lipinski definition) is 0. The molecule has 2 aromatic carbocycles. The van der Waals surface area contributed by atoms with Crippen LogP contribution in [0.2, 0.25) is 0 Å². The van der Waals surface area contributed by atoms with Gasteiger partial charge in [-0.2, -0.15) is 0 Å². The van der Waals surface area contributed by atoms with E-state index in [1.165, 1.54) is 11.1 Å². The molecule has 1 aliphatic rings. The lowest BCUT2D eigenvalue weighted by atomic mass is 9.96. The first kappa shape index (κ1) is 13.3. The summed E-state index contributed by atoms with van der Waals surface area (Å²) >= 11 is 0. The molecule has 0 saturated carbocycles.